The third-order valence-corrected chi connectivity index (χ3v) is 6.76. The Bertz CT molecular complexity index is 1020. The second-order valence-electron chi connectivity index (χ2n) is 6.08. The van der Waals surface area contributed by atoms with E-state index in [9.17, 15) is 9.59 Å². The number of hydrogen-bond donors (Lipinski definition) is 2. The maximum absolute atomic E-state index is 12.1. The van der Waals surface area contributed by atoms with Crippen molar-refractivity contribution in [2.24, 2.45) is 0 Å². The standard InChI is InChI=1S/C16H17N5O3S3/c1-8-5-9-13(23)17-11(18-14(9)26-8)6-25-7-12(22)19-16-21-20-15(27-16)10-3-2-4-24-10/h5,10H,2-4,6-7H2,1H3,(H,17,18,23)(H,19,21,22)/t10-/m1/s1. The first-order valence-electron chi connectivity index (χ1n) is 8.40. The zero-order valence-corrected chi connectivity index (χ0v) is 16.9. The molecule has 1 saturated heterocycles. The lowest BCUT2D eigenvalue weighted by molar-refractivity contribution is -0.113. The highest BCUT2D eigenvalue weighted by Crippen LogP contribution is 2.31. The predicted molar refractivity (Wildman–Crippen MR) is 108 cm³/mol. The number of nitrogens with one attached hydrogen (secondary N) is 2. The van der Waals surface area contributed by atoms with E-state index in [0.717, 1.165) is 34.2 Å². The smallest absolute Gasteiger partial charge is 0.259 e. The molecule has 142 valence electrons. The van der Waals surface area contributed by atoms with Crippen LogP contribution in [-0.2, 0) is 15.3 Å². The average Bonchev–Trinajstić information content (AvgIpc) is 3.34. The number of ether oxygens (including phenoxy) is 1. The Kier molecular flexibility index (Phi) is 5.53. The van der Waals surface area contributed by atoms with Crippen LogP contribution in [0.15, 0.2) is 10.9 Å². The van der Waals surface area contributed by atoms with Crippen molar-refractivity contribution in [3.05, 3.63) is 32.1 Å². The van der Waals surface area contributed by atoms with Crippen molar-refractivity contribution in [2.45, 2.75) is 31.6 Å². The summed E-state index contributed by atoms with van der Waals surface area (Å²) >= 11 is 4.22. The SMILES string of the molecule is Cc1cc2c(=O)[nH]c(CSCC(=O)Nc3nnc([C@H]4CCCO4)s3)nc2s1. The molecule has 3 aromatic heterocycles. The summed E-state index contributed by atoms with van der Waals surface area (Å²) in [4.78, 5) is 33.2. The second-order valence-corrected chi connectivity index (χ2v) is 9.31. The average molecular weight is 424 g/mol. The molecule has 1 aliphatic rings. The van der Waals surface area contributed by atoms with E-state index in [1.807, 2.05) is 13.0 Å². The molecule has 3 aromatic rings. The van der Waals surface area contributed by atoms with Gasteiger partial charge in [-0.05, 0) is 25.8 Å². The number of hydrogen-bond acceptors (Lipinski definition) is 9. The van der Waals surface area contributed by atoms with E-state index >= 15 is 0 Å². The number of rotatable bonds is 6. The molecule has 0 saturated carbocycles. The Morgan fingerprint density at radius 1 is 1.44 bits per heavy atom. The van der Waals surface area contributed by atoms with Crippen molar-refractivity contribution in [3.63, 3.8) is 0 Å². The molecule has 4 rings (SSSR count). The minimum atomic E-state index is -0.162. The lowest BCUT2D eigenvalue weighted by Gasteiger charge is -2.03. The van der Waals surface area contributed by atoms with Crippen molar-refractivity contribution in [3.8, 4) is 0 Å². The maximum Gasteiger partial charge on any atom is 0.259 e. The van der Waals surface area contributed by atoms with Crippen LogP contribution in [0.25, 0.3) is 10.2 Å². The first kappa shape index (κ1) is 18.5. The summed E-state index contributed by atoms with van der Waals surface area (Å²) in [6.45, 7) is 2.69. The Morgan fingerprint density at radius 2 is 2.33 bits per heavy atom. The van der Waals surface area contributed by atoms with Gasteiger partial charge in [-0.3, -0.25) is 14.9 Å². The van der Waals surface area contributed by atoms with E-state index in [-0.39, 0.29) is 23.3 Å². The summed E-state index contributed by atoms with van der Waals surface area (Å²) < 4.78 is 5.57. The molecule has 0 aliphatic carbocycles. The highest BCUT2D eigenvalue weighted by Gasteiger charge is 2.22. The van der Waals surface area contributed by atoms with E-state index in [1.165, 1.54) is 34.4 Å². The van der Waals surface area contributed by atoms with Gasteiger partial charge in [-0.1, -0.05) is 11.3 Å². The fourth-order valence-corrected chi connectivity index (χ4v) is 5.18. The molecule has 0 aromatic carbocycles. The summed E-state index contributed by atoms with van der Waals surface area (Å²) in [7, 11) is 0. The molecule has 27 heavy (non-hydrogen) atoms. The third kappa shape index (κ3) is 4.37. The van der Waals surface area contributed by atoms with E-state index in [1.54, 1.807) is 0 Å². The molecule has 2 N–H and O–H groups in total. The highest BCUT2D eigenvalue weighted by atomic mass is 32.2. The lowest BCUT2D eigenvalue weighted by atomic mass is 10.2. The van der Waals surface area contributed by atoms with Crippen molar-refractivity contribution < 1.29 is 9.53 Å². The van der Waals surface area contributed by atoms with Crippen LogP contribution in [0.1, 0.15) is 34.7 Å². The number of amides is 1. The Morgan fingerprint density at radius 3 is 3.15 bits per heavy atom. The number of aryl methyl sites for hydroxylation is 1. The maximum atomic E-state index is 12.1. The van der Waals surface area contributed by atoms with Gasteiger partial charge in [-0.25, -0.2) is 4.98 Å². The van der Waals surface area contributed by atoms with Crippen molar-refractivity contribution in [1.29, 1.82) is 0 Å². The number of nitrogens with zero attached hydrogens (tertiary/aromatic N) is 3. The molecule has 8 nitrogen and oxygen atoms in total. The van der Waals surface area contributed by atoms with Crippen LogP contribution in [-0.4, -0.2) is 38.4 Å². The van der Waals surface area contributed by atoms with Crippen LogP contribution in [0.4, 0.5) is 5.13 Å². The predicted octanol–water partition coefficient (Wildman–Crippen LogP) is 2.87. The number of H-pyrrole nitrogens is 1. The second kappa shape index (κ2) is 8.05. The Balaban J connectivity index is 1.30. The summed E-state index contributed by atoms with van der Waals surface area (Å²) in [5, 5.41) is 12.7. The summed E-state index contributed by atoms with van der Waals surface area (Å²) in [6.07, 6.45) is 1.97. The number of anilines is 1. The van der Waals surface area contributed by atoms with Gasteiger partial charge >= 0.3 is 0 Å². The van der Waals surface area contributed by atoms with Crippen LogP contribution in [0.5, 0.6) is 0 Å². The number of carbonyl (C=O) groups excluding carboxylic acids is 1. The van der Waals surface area contributed by atoms with Gasteiger partial charge in [0.25, 0.3) is 5.56 Å². The van der Waals surface area contributed by atoms with Gasteiger partial charge in [0, 0.05) is 11.5 Å². The number of thiophene rings is 1. The molecule has 1 aliphatic heterocycles. The summed E-state index contributed by atoms with van der Waals surface area (Å²) in [6, 6.07) is 1.84. The highest BCUT2D eigenvalue weighted by molar-refractivity contribution is 7.99. The van der Waals surface area contributed by atoms with Gasteiger partial charge in [0.2, 0.25) is 11.0 Å². The monoisotopic (exact) mass is 423 g/mol. The molecule has 1 amide bonds. The van der Waals surface area contributed by atoms with Crippen LogP contribution >= 0.6 is 34.4 Å². The first-order valence-corrected chi connectivity index (χ1v) is 11.2. The fourth-order valence-electron chi connectivity index (χ4n) is 2.75. The summed E-state index contributed by atoms with van der Waals surface area (Å²) in [5.74, 6) is 1.10. The first-order chi connectivity index (χ1) is 13.1. The largest absolute Gasteiger partial charge is 0.371 e. The molecular formula is C16H17N5O3S3. The Labute approximate surface area is 166 Å². The number of thioether (sulfide) groups is 1. The molecule has 0 radical (unpaired) electrons. The molecule has 0 bridgehead atoms. The quantitative estimate of drug-likeness (QED) is 0.627. The zero-order chi connectivity index (χ0) is 18.8. The van der Waals surface area contributed by atoms with Crippen LogP contribution < -0.4 is 10.9 Å². The zero-order valence-electron chi connectivity index (χ0n) is 14.5. The van der Waals surface area contributed by atoms with E-state index in [4.69, 9.17) is 4.74 Å². The minimum absolute atomic E-state index is 0.00114. The van der Waals surface area contributed by atoms with Gasteiger partial charge in [-0.2, -0.15) is 0 Å². The molecular weight excluding hydrogens is 406 g/mol. The van der Waals surface area contributed by atoms with Crippen molar-refractivity contribution >= 4 is 55.7 Å². The van der Waals surface area contributed by atoms with Crippen LogP contribution in [0, 0.1) is 6.92 Å². The van der Waals surface area contributed by atoms with E-state index in [0.29, 0.717) is 22.1 Å². The molecule has 0 spiro atoms. The van der Waals surface area contributed by atoms with E-state index in [2.05, 4.69) is 25.5 Å². The molecule has 1 fully saturated rings. The molecule has 1 atom stereocenters. The molecule has 0 unspecified atom stereocenters. The number of aromatic nitrogens is 4. The van der Waals surface area contributed by atoms with Gasteiger partial charge in [0.15, 0.2) is 0 Å². The number of carbonyl (C=O) groups is 1. The normalized spacial score (nSPS) is 16.9. The third-order valence-electron chi connectivity index (χ3n) is 3.94. The van der Waals surface area contributed by atoms with Crippen LogP contribution in [0.2, 0.25) is 0 Å². The molecule has 11 heteroatoms. The van der Waals surface area contributed by atoms with Gasteiger partial charge in [0.05, 0.1) is 16.9 Å². The minimum Gasteiger partial charge on any atom is -0.371 e. The lowest BCUT2D eigenvalue weighted by Crippen LogP contribution is -2.15. The Hall–Kier alpha value is -1.82. The van der Waals surface area contributed by atoms with Gasteiger partial charge in [0.1, 0.15) is 21.8 Å². The number of fused-ring (bicyclic) bond motifs is 1. The summed E-state index contributed by atoms with van der Waals surface area (Å²) in [5.41, 5.74) is -0.139. The molecule has 4 heterocycles. The number of aromatic amines is 1. The van der Waals surface area contributed by atoms with Gasteiger partial charge < -0.3 is 9.72 Å². The fraction of sp³-hybridized carbons (Fsp3) is 0.438. The topological polar surface area (TPSA) is 110 Å². The van der Waals surface area contributed by atoms with Crippen molar-refractivity contribution in [2.75, 3.05) is 17.7 Å². The van der Waals surface area contributed by atoms with E-state index < -0.39 is 0 Å². The van der Waals surface area contributed by atoms with Crippen molar-refractivity contribution in [1.82, 2.24) is 20.2 Å². The van der Waals surface area contributed by atoms with Gasteiger partial charge in [-0.15, -0.1) is 33.3 Å². The van der Waals surface area contributed by atoms with Crippen LogP contribution in [0.3, 0.4) is 0 Å².